The van der Waals surface area contributed by atoms with E-state index in [4.69, 9.17) is 11.6 Å². The Morgan fingerprint density at radius 2 is 1.94 bits per heavy atom. The SMILES string of the molecule is C=CCn1c(CNc2ccc(Cl)cc2)nnc1SCC(=O)N/N=C(\C)c1ccc(Br)cc1. The Labute approximate surface area is 204 Å². The number of allylic oxidation sites excluding steroid dienone is 1. The minimum Gasteiger partial charge on any atom is -0.378 e. The van der Waals surface area contributed by atoms with Crippen LogP contribution < -0.4 is 10.7 Å². The molecule has 0 aliphatic heterocycles. The number of carbonyl (C=O) groups excluding carboxylic acids is 1. The third-order valence-electron chi connectivity index (χ3n) is 4.34. The normalized spacial score (nSPS) is 11.3. The van der Waals surface area contributed by atoms with Gasteiger partial charge in [-0.3, -0.25) is 4.79 Å². The second-order valence-corrected chi connectivity index (χ2v) is 8.98. The van der Waals surface area contributed by atoms with E-state index in [9.17, 15) is 4.79 Å². The molecule has 10 heteroatoms. The van der Waals surface area contributed by atoms with Gasteiger partial charge in [0.2, 0.25) is 0 Å². The molecule has 0 saturated heterocycles. The maximum atomic E-state index is 12.3. The van der Waals surface area contributed by atoms with Crippen molar-refractivity contribution in [2.24, 2.45) is 5.10 Å². The number of anilines is 1. The smallest absolute Gasteiger partial charge is 0.250 e. The van der Waals surface area contributed by atoms with E-state index in [1.807, 2.05) is 60.0 Å². The van der Waals surface area contributed by atoms with Gasteiger partial charge in [-0.25, -0.2) is 5.43 Å². The highest BCUT2D eigenvalue weighted by molar-refractivity contribution is 9.10. The molecular weight excluding hydrogens is 512 g/mol. The van der Waals surface area contributed by atoms with Gasteiger partial charge in [-0.15, -0.1) is 16.8 Å². The average molecular weight is 534 g/mol. The molecule has 3 aromatic rings. The van der Waals surface area contributed by atoms with Crippen molar-refractivity contribution in [2.45, 2.75) is 25.2 Å². The first-order chi connectivity index (χ1) is 15.5. The summed E-state index contributed by atoms with van der Waals surface area (Å²) in [6.45, 7) is 6.66. The molecule has 32 heavy (non-hydrogen) atoms. The zero-order valence-electron chi connectivity index (χ0n) is 17.4. The van der Waals surface area contributed by atoms with Crippen molar-refractivity contribution in [1.82, 2.24) is 20.2 Å². The van der Waals surface area contributed by atoms with E-state index >= 15 is 0 Å². The Kier molecular flexibility index (Phi) is 8.90. The summed E-state index contributed by atoms with van der Waals surface area (Å²) in [6.07, 6.45) is 1.77. The number of halogens is 2. The molecule has 1 heterocycles. The molecule has 0 aliphatic rings. The molecule has 0 unspecified atom stereocenters. The third-order valence-corrected chi connectivity index (χ3v) is 6.09. The quantitative estimate of drug-likeness (QED) is 0.163. The van der Waals surface area contributed by atoms with Crippen LogP contribution in [0, 0.1) is 0 Å². The van der Waals surface area contributed by atoms with Gasteiger partial charge in [-0.05, 0) is 48.9 Å². The molecule has 166 valence electrons. The first-order valence-electron chi connectivity index (χ1n) is 9.70. The first kappa shape index (κ1) is 24.0. The molecule has 0 bridgehead atoms. The van der Waals surface area contributed by atoms with Crippen molar-refractivity contribution in [1.29, 1.82) is 0 Å². The van der Waals surface area contributed by atoms with Crippen LogP contribution in [0.2, 0.25) is 5.02 Å². The van der Waals surface area contributed by atoms with Crippen LogP contribution in [0.4, 0.5) is 5.69 Å². The summed E-state index contributed by atoms with van der Waals surface area (Å²) < 4.78 is 2.91. The minimum absolute atomic E-state index is 0.164. The molecule has 0 saturated carbocycles. The van der Waals surface area contributed by atoms with Crippen LogP contribution in [0.3, 0.4) is 0 Å². The summed E-state index contributed by atoms with van der Waals surface area (Å²) >= 11 is 10.6. The fourth-order valence-electron chi connectivity index (χ4n) is 2.68. The van der Waals surface area contributed by atoms with Gasteiger partial charge in [-0.2, -0.15) is 5.10 Å². The Morgan fingerprint density at radius 1 is 1.22 bits per heavy atom. The number of benzene rings is 2. The standard InChI is InChI=1S/C22H22BrClN6OS/c1-3-12-30-20(13-25-19-10-8-18(24)9-11-19)27-29-22(30)32-14-21(31)28-26-15(2)16-4-6-17(23)7-5-16/h3-11,25H,1,12-14H2,2H3,(H,28,31)/b26-15+. The highest BCUT2D eigenvalue weighted by Crippen LogP contribution is 2.19. The lowest BCUT2D eigenvalue weighted by atomic mass is 10.1. The zero-order chi connectivity index (χ0) is 22.9. The van der Waals surface area contributed by atoms with E-state index < -0.39 is 0 Å². The zero-order valence-corrected chi connectivity index (χ0v) is 20.5. The molecule has 0 aliphatic carbocycles. The second-order valence-electron chi connectivity index (χ2n) is 6.69. The minimum atomic E-state index is -0.222. The number of hydrogen-bond donors (Lipinski definition) is 2. The fraction of sp³-hybridized carbons (Fsp3) is 0.182. The van der Waals surface area contributed by atoms with E-state index in [0.29, 0.717) is 23.3 Å². The van der Waals surface area contributed by atoms with Crippen molar-refractivity contribution in [2.75, 3.05) is 11.1 Å². The molecular formula is C22H22BrClN6OS. The van der Waals surface area contributed by atoms with Crippen molar-refractivity contribution in [3.05, 3.63) is 82.1 Å². The molecule has 0 radical (unpaired) electrons. The van der Waals surface area contributed by atoms with Gasteiger partial charge in [0.25, 0.3) is 5.91 Å². The highest BCUT2D eigenvalue weighted by Gasteiger charge is 2.13. The van der Waals surface area contributed by atoms with E-state index in [1.54, 1.807) is 6.08 Å². The topological polar surface area (TPSA) is 84.2 Å². The lowest BCUT2D eigenvalue weighted by Crippen LogP contribution is -2.21. The number of aromatic nitrogens is 3. The number of hydrazone groups is 1. The van der Waals surface area contributed by atoms with Gasteiger partial charge >= 0.3 is 0 Å². The first-order valence-corrected chi connectivity index (χ1v) is 11.9. The van der Waals surface area contributed by atoms with Crippen LogP contribution in [0.1, 0.15) is 18.3 Å². The largest absolute Gasteiger partial charge is 0.378 e. The number of nitrogens with one attached hydrogen (secondary N) is 2. The molecule has 2 aromatic carbocycles. The average Bonchev–Trinajstić information content (AvgIpc) is 3.18. The monoisotopic (exact) mass is 532 g/mol. The van der Waals surface area contributed by atoms with Crippen molar-refractivity contribution >= 4 is 56.6 Å². The number of nitrogens with zero attached hydrogens (tertiary/aromatic N) is 4. The molecule has 1 amide bonds. The molecule has 7 nitrogen and oxygen atoms in total. The van der Waals surface area contributed by atoms with Crippen molar-refractivity contribution < 1.29 is 4.79 Å². The molecule has 3 rings (SSSR count). The summed E-state index contributed by atoms with van der Waals surface area (Å²) in [6, 6.07) is 15.1. The van der Waals surface area contributed by atoms with Crippen LogP contribution in [0.5, 0.6) is 0 Å². The number of hydrogen-bond acceptors (Lipinski definition) is 6. The van der Waals surface area contributed by atoms with E-state index in [0.717, 1.165) is 27.3 Å². The van der Waals surface area contributed by atoms with Crippen LogP contribution in [-0.4, -0.2) is 32.1 Å². The summed E-state index contributed by atoms with van der Waals surface area (Å²) in [5, 5.41) is 17.3. The van der Waals surface area contributed by atoms with Crippen LogP contribution in [-0.2, 0) is 17.9 Å². The number of amides is 1. The second kappa shape index (κ2) is 11.8. The summed E-state index contributed by atoms with van der Waals surface area (Å²) in [5.41, 5.74) is 5.18. The number of rotatable bonds is 10. The van der Waals surface area contributed by atoms with E-state index in [1.165, 1.54) is 11.8 Å². The predicted molar refractivity (Wildman–Crippen MR) is 134 cm³/mol. The summed E-state index contributed by atoms with van der Waals surface area (Å²) in [7, 11) is 0. The van der Waals surface area contributed by atoms with Gasteiger partial charge in [0.15, 0.2) is 11.0 Å². The van der Waals surface area contributed by atoms with Crippen LogP contribution in [0.25, 0.3) is 0 Å². The summed E-state index contributed by atoms with van der Waals surface area (Å²) in [4.78, 5) is 12.3. The Balaban J connectivity index is 1.57. The van der Waals surface area contributed by atoms with Crippen molar-refractivity contribution in [3.63, 3.8) is 0 Å². The van der Waals surface area contributed by atoms with Gasteiger partial charge in [-0.1, -0.05) is 57.5 Å². The van der Waals surface area contributed by atoms with Gasteiger partial charge in [0, 0.05) is 21.7 Å². The highest BCUT2D eigenvalue weighted by atomic mass is 79.9. The maximum absolute atomic E-state index is 12.3. The number of thioether (sulfide) groups is 1. The maximum Gasteiger partial charge on any atom is 0.250 e. The molecule has 2 N–H and O–H groups in total. The van der Waals surface area contributed by atoms with Gasteiger partial charge in [0.05, 0.1) is 18.0 Å². The van der Waals surface area contributed by atoms with Crippen molar-refractivity contribution in [3.8, 4) is 0 Å². The molecule has 0 fully saturated rings. The van der Waals surface area contributed by atoms with Gasteiger partial charge in [0.1, 0.15) is 0 Å². The molecule has 1 aromatic heterocycles. The van der Waals surface area contributed by atoms with E-state index in [-0.39, 0.29) is 11.7 Å². The molecule has 0 spiro atoms. The Hall–Kier alpha value is -2.62. The third kappa shape index (κ3) is 6.94. The summed E-state index contributed by atoms with van der Waals surface area (Å²) in [5.74, 6) is 0.684. The predicted octanol–water partition coefficient (Wildman–Crippen LogP) is 5.12. The fourth-order valence-corrected chi connectivity index (χ4v) is 3.83. The lowest BCUT2D eigenvalue weighted by Gasteiger charge is -2.09. The molecule has 0 atom stereocenters. The van der Waals surface area contributed by atoms with Gasteiger partial charge < -0.3 is 9.88 Å². The lowest BCUT2D eigenvalue weighted by molar-refractivity contribution is -0.118. The Morgan fingerprint density at radius 3 is 2.62 bits per heavy atom. The van der Waals surface area contributed by atoms with E-state index in [2.05, 4.69) is 48.6 Å². The number of carbonyl (C=O) groups is 1. The van der Waals surface area contributed by atoms with Crippen LogP contribution >= 0.6 is 39.3 Å². The Bertz CT molecular complexity index is 1100. The van der Waals surface area contributed by atoms with Crippen LogP contribution in [0.15, 0.2) is 75.9 Å².